The quantitative estimate of drug-likeness (QED) is 0.819. The third-order valence-corrected chi connectivity index (χ3v) is 3.86. The molecule has 2 aromatic rings. The van der Waals surface area contributed by atoms with Crippen molar-refractivity contribution >= 4 is 34.8 Å². The number of halogens is 1. The predicted octanol–water partition coefficient (Wildman–Crippen LogP) is 3.39. The third-order valence-electron chi connectivity index (χ3n) is 3.62. The van der Waals surface area contributed by atoms with Crippen LogP contribution < -0.4 is 20.1 Å². The van der Waals surface area contributed by atoms with Gasteiger partial charge >= 0.3 is 0 Å². The molecule has 0 bridgehead atoms. The number of benzene rings is 2. The molecule has 0 saturated heterocycles. The molecule has 0 aliphatic carbocycles. The lowest BCUT2D eigenvalue weighted by atomic mass is 10.2. The fraction of sp³-hybridized carbons (Fsp3) is 0.222. The summed E-state index contributed by atoms with van der Waals surface area (Å²) in [7, 11) is 0. The number of hydrogen-bond acceptors (Lipinski definition) is 4. The molecule has 0 spiro atoms. The van der Waals surface area contributed by atoms with Crippen molar-refractivity contribution in [1.29, 1.82) is 0 Å². The van der Waals surface area contributed by atoms with Crippen molar-refractivity contribution in [2.45, 2.75) is 13.3 Å². The first-order valence-corrected chi connectivity index (χ1v) is 8.14. The highest BCUT2D eigenvalue weighted by molar-refractivity contribution is 6.31. The monoisotopic (exact) mass is 360 g/mol. The van der Waals surface area contributed by atoms with Crippen molar-refractivity contribution in [3.63, 3.8) is 0 Å². The van der Waals surface area contributed by atoms with Gasteiger partial charge in [0.15, 0.2) is 11.5 Å². The van der Waals surface area contributed by atoms with Gasteiger partial charge in [-0.25, -0.2) is 0 Å². The van der Waals surface area contributed by atoms with Gasteiger partial charge in [-0.2, -0.15) is 0 Å². The van der Waals surface area contributed by atoms with E-state index in [0.717, 1.165) is 5.56 Å². The summed E-state index contributed by atoms with van der Waals surface area (Å²) in [4.78, 5) is 24.1. The summed E-state index contributed by atoms with van der Waals surface area (Å²) in [5.41, 5.74) is 2.00. The van der Waals surface area contributed by atoms with Crippen molar-refractivity contribution in [2.75, 3.05) is 23.8 Å². The lowest BCUT2D eigenvalue weighted by Gasteiger charge is -2.19. The number of rotatable bonds is 4. The minimum absolute atomic E-state index is 0.305. The first kappa shape index (κ1) is 17.1. The summed E-state index contributed by atoms with van der Waals surface area (Å²) in [6, 6.07) is 10.3. The Morgan fingerprint density at radius 2 is 1.72 bits per heavy atom. The van der Waals surface area contributed by atoms with Crippen LogP contribution in [0.25, 0.3) is 0 Å². The Morgan fingerprint density at radius 1 is 1.00 bits per heavy atom. The van der Waals surface area contributed by atoms with E-state index in [-0.39, 0.29) is 6.42 Å². The van der Waals surface area contributed by atoms with Gasteiger partial charge in [0.1, 0.15) is 19.6 Å². The molecule has 25 heavy (non-hydrogen) atoms. The van der Waals surface area contributed by atoms with Crippen LogP contribution in [0.2, 0.25) is 5.02 Å². The fourth-order valence-corrected chi connectivity index (χ4v) is 2.57. The Labute approximate surface area is 150 Å². The number of hydrogen-bond donors (Lipinski definition) is 2. The van der Waals surface area contributed by atoms with E-state index in [2.05, 4.69) is 10.6 Å². The van der Waals surface area contributed by atoms with Gasteiger partial charge < -0.3 is 20.1 Å². The summed E-state index contributed by atoms with van der Waals surface area (Å²) in [6.07, 6.45) is -0.305. The lowest BCUT2D eigenvalue weighted by Crippen LogP contribution is -2.22. The average molecular weight is 361 g/mol. The number of anilines is 2. The Hall–Kier alpha value is -2.73. The molecule has 0 atom stereocenters. The van der Waals surface area contributed by atoms with Crippen LogP contribution in [0, 0.1) is 6.92 Å². The molecule has 130 valence electrons. The van der Waals surface area contributed by atoms with E-state index in [1.54, 1.807) is 36.4 Å². The number of fused-ring (bicyclic) bond motifs is 1. The largest absolute Gasteiger partial charge is 0.486 e. The number of aryl methyl sites for hydroxylation is 1. The van der Waals surface area contributed by atoms with Gasteiger partial charge in [0, 0.05) is 22.5 Å². The molecule has 1 aliphatic rings. The molecule has 0 saturated carbocycles. The molecule has 3 rings (SSSR count). The molecule has 0 unspecified atom stereocenters. The standard InChI is InChI=1S/C18H17ClN2O4/c1-11-2-3-12(19)8-14(11)21-18(23)10-17(22)20-13-4-5-15-16(9-13)25-7-6-24-15/h2-5,8-9H,6-7,10H2,1H3,(H,20,22)(H,21,23). The van der Waals surface area contributed by atoms with E-state index in [9.17, 15) is 9.59 Å². The van der Waals surface area contributed by atoms with Crippen molar-refractivity contribution < 1.29 is 19.1 Å². The van der Waals surface area contributed by atoms with E-state index in [0.29, 0.717) is 41.1 Å². The summed E-state index contributed by atoms with van der Waals surface area (Å²) >= 11 is 5.92. The van der Waals surface area contributed by atoms with E-state index >= 15 is 0 Å². The Balaban J connectivity index is 1.58. The summed E-state index contributed by atoms with van der Waals surface area (Å²) in [6.45, 7) is 2.81. The first-order valence-electron chi connectivity index (χ1n) is 7.77. The lowest BCUT2D eigenvalue weighted by molar-refractivity contribution is -0.123. The maximum Gasteiger partial charge on any atom is 0.233 e. The van der Waals surface area contributed by atoms with E-state index in [1.807, 2.05) is 6.92 Å². The maximum absolute atomic E-state index is 12.1. The molecule has 0 fully saturated rings. The highest BCUT2D eigenvalue weighted by atomic mass is 35.5. The molecule has 7 heteroatoms. The Morgan fingerprint density at radius 3 is 2.52 bits per heavy atom. The molecule has 6 nitrogen and oxygen atoms in total. The highest BCUT2D eigenvalue weighted by Crippen LogP contribution is 2.32. The zero-order chi connectivity index (χ0) is 17.8. The molecule has 2 amide bonds. The van der Waals surface area contributed by atoms with Crippen LogP contribution >= 0.6 is 11.6 Å². The van der Waals surface area contributed by atoms with Gasteiger partial charge in [0.05, 0.1) is 0 Å². The normalized spacial score (nSPS) is 12.4. The van der Waals surface area contributed by atoms with Crippen LogP contribution in [-0.4, -0.2) is 25.0 Å². The molecular weight excluding hydrogens is 344 g/mol. The van der Waals surface area contributed by atoms with Crippen molar-refractivity contribution in [3.8, 4) is 11.5 Å². The predicted molar refractivity (Wildman–Crippen MR) is 95.5 cm³/mol. The number of ether oxygens (including phenoxy) is 2. The van der Waals surface area contributed by atoms with Crippen molar-refractivity contribution in [2.24, 2.45) is 0 Å². The highest BCUT2D eigenvalue weighted by Gasteiger charge is 2.15. The fourth-order valence-electron chi connectivity index (χ4n) is 2.40. The number of carbonyl (C=O) groups is 2. The number of amides is 2. The van der Waals surface area contributed by atoms with Crippen LogP contribution in [0.5, 0.6) is 11.5 Å². The molecule has 1 heterocycles. The second-order valence-corrected chi connectivity index (χ2v) is 6.03. The van der Waals surface area contributed by atoms with Crippen LogP contribution in [0.4, 0.5) is 11.4 Å². The summed E-state index contributed by atoms with van der Waals surface area (Å²) < 4.78 is 10.9. The van der Waals surface area contributed by atoms with Gasteiger partial charge in [-0.15, -0.1) is 0 Å². The number of nitrogens with one attached hydrogen (secondary N) is 2. The molecule has 0 radical (unpaired) electrons. The van der Waals surface area contributed by atoms with Gasteiger partial charge in [-0.3, -0.25) is 9.59 Å². The second-order valence-electron chi connectivity index (χ2n) is 5.59. The van der Waals surface area contributed by atoms with Gasteiger partial charge in [-0.1, -0.05) is 17.7 Å². The maximum atomic E-state index is 12.1. The smallest absolute Gasteiger partial charge is 0.233 e. The van der Waals surface area contributed by atoms with E-state index < -0.39 is 11.8 Å². The molecular formula is C18H17ClN2O4. The Kier molecular flexibility index (Phi) is 5.09. The molecule has 0 aromatic heterocycles. The molecule has 2 aromatic carbocycles. The minimum atomic E-state index is -0.422. The minimum Gasteiger partial charge on any atom is -0.486 e. The first-order chi connectivity index (χ1) is 12.0. The van der Waals surface area contributed by atoms with Gasteiger partial charge in [0.2, 0.25) is 11.8 Å². The van der Waals surface area contributed by atoms with E-state index in [4.69, 9.17) is 21.1 Å². The average Bonchev–Trinajstić information content (AvgIpc) is 2.58. The zero-order valence-corrected chi connectivity index (χ0v) is 14.4. The van der Waals surface area contributed by atoms with Crippen LogP contribution in [0.15, 0.2) is 36.4 Å². The zero-order valence-electron chi connectivity index (χ0n) is 13.6. The SMILES string of the molecule is Cc1ccc(Cl)cc1NC(=O)CC(=O)Nc1ccc2c(c1)OCCO2. The number of carbonyl (C=O) groups excluding carboxylic acids is 2. The van der Waals surface area contributed by atoms with E-state index in [1.165, 1.54) is 0 Å². The van der Waals surface area contributed by atoms with Crippen molar-refractivity contribution in [3.05, 3.63) is 47.0 Å². The summed E-state index contributed by atoms with van der Waals surface area (Å²) in [5.74, 6) is 0.371. The third kappa shape index (κ3) is 4.42. The topological polar surface area (TPSA) is 76.7 Å². The van der Waals surface area contributed by atoms with Crippen LogP contribution in [0.3, 0.4) is 0 Å². The van der Waals surface area contributed by atoms with Crippen LogP contribution in [0.1, 0.15) is 12.0 Å². The second kappa shape index (κ2) is 7.44. The van der Waals surface area contributed by atoms with Gasteiger partial charge in [0.25, 0.3) is 0 Å². The van der Waals surface area contributed by atoms with Crippen molar-refractivity contribution in [1.82, 2.24) is 0 Å². The van der Waals surface area contributed by atoms with Crippen LogP contribution in [-0.2, 0) is 9.59 Å². The molecule has 1 aliphatic heterocycles. The molecule has 2 N–H and O–H groups in total. The Bertz CT molecular complexity index is 823. The van der Waals surface area contributed by atoms with Gasteiger partial charge in [-0.05, 0) is 36.8 Å². The summed E-state index contributed by atoms with van der Waals surface area (Å²) in [5, 5.41) is 5.88.